The Kier molecular flexibility index (Phi) is 6.49. The van der Waals surface area contributed by atoms with Gasteiger partial charge in [-0.2, -0.15) is 0 Å². The number of hydrogen-bond donors (Lipinski definition) is 1. The first kappa shape index (κ1) is 15.6. The molecule has 0 bridgehead atoms. The molecule has 0 radical (unpaired) electrons. The van der Waals surface area contributed by atoms with Crippen molar-refractivity contribution in [2.24, 2.45) is 23.7 Å². The molecule has 1 N–H and O–H groups in total. The SMILES string of the molecule is CC(CCC(C)C1CCC(Cl)C1)CC1CCCNC1. The van der Waals surface area contributed by atoms with Crippen LogP contribution in [-0.4, -0.2) is 18.5 Å². The Morgan fingerprint density at radius 3 is 2.63 bits per heavy atom. The van der Waals surface area contributed by atoms with E-state index in [1.165, 1.54) is 64.5 Å². The van der Waals surface area contributed by atoms with E-state index in [1.54, 1.807) is 0 Å². The van der Waals surface area contributed by atoms with Crippen LogP contribution in [0.15, 0.2) is 0 Å². The summed E-state index contributed by atoms with van der Waals surface area (Å²) in [5, 5.41) is 4.01. The first-order valence-corrected chi connectivity index (χ1v) is 8.93. The summed E-state index contributed by atoms with van der Waals surface area (Å²) in [4.78, 5) is 0. The molecule has 2 heteroatoms. The van der Waals surface area contributed by atoms with Crippen molar-refractivity contribution in [2.75, 3.05) is 13.1 Å². The lowest BCUT2D eigenvalue weighted by atomic mass is 9.83. The van der Waals surface area contributed by atoms with Gasteiger partial charge in [0.15, 0.2) is 0 Å². The Morgan fingerprint density at radius 2 is 2.00 bits per heavy atom. The number of piperidine rings is 1. The second kappa shape index (κ2) is 7.88. The lowest BCUT2D eigenvalue weighted by Crippen LogP contribution is -2.30. The zero-order valence-corrected chi connectivity index (χ0v) is 13.6. The highest BCUT2D eigenvalue weighted by Gasteiger charge is 2.27. The minimum atomic E-state index is 0.471. The molecule has 1 aliphatic carbocycles. The molecule has 1 heterocycles. The summed E-state index contributed by atoms with van der Waals surface area (Å²) in [5.41, 5.74) is 0. The quantitative estimate of drug-likeness (QED) is 0.689. The van der Waals surface area contributed by atoms with E-state index in [9.17, 15) is 0 Å². The molecular weight excluding hydrogens is 254 g/mol. The third-order valence-electron chi connectivity index (χ3n) is 5.46. The van der Waals surface area contributed by atoms with Crippen molar-refractivity contribution in [3.05, 3.63) is 0 Å². The van der Waals surface area contributed by atoms with Crippen LogP contribution < -0.4 is 5.32 Å². The van der Waals surface area contributed by atoms with Gasteiger partial charge in [-0.05, 0) is 75.3 Å². The number of alkyl halides is 1. The molecule has 19 heavy (non-hydrogen) atoms. The van der Waals surface area contributed by atoms with Crippen molar-refractivity contribution in [1.29, 1.82) is 0 Å². The maximum atomic E-state index is 6.24. The van der Waals surface area contributed by atoms with E-state index in [0.29, 0.717) is 5.38 Å². The second-order valence-electron chi connectivity index (χ2n) is 7.28. The van der Waals surface area contributed by atoms with Crippen LogP contribution in [-0.2, 0) is 0 Å². The number of nitrogens with one attached hydrogen (secondary N) is 1. The van der Waals surface area contributed by atoms with Gasteiger partial charge in [0.25, 0.3) is 0 Å². The third-order valence-corrected chi connectivity index (χ3v) is 5.86. The molecule has 1 aliphatic heterocycles. The van der Waals surface area contributed by atoms with Crippen LogP contribution in [0.25, 0.3) is 0 Å². The fraction of sp³-hybridized carbons (Fsp3) is 1.00. The van der Waals surface area contributed by atoms with Gasteiger partial charge in [-0.25, -0.2) is 0 Å². The van der Waals surface area contributed by atoms with Gasteiger partial charge in [0.05, 0.1) is 0 Å². The zero-order valence-electron chi connectivity index (χ0n) is 12.8. The van der Waals surface area contributed by atoms with Crippen LogP contribution in [0.4, 0.5) is 0 Å². The average molecular weight is 286 g/mol. The maximum Gasteiger partial charge on any atom is 0.0338 e. The molecule has 2 fully saturated rings. The smallest absolute Gasteiger partial charge is 0.0338 e. The summed E-state index contributed by atoms with van der Waals surface area (Å²) in [6.45, 7) is 7.41. The zero-order chi connectivity index (χ0) is 13.7. The van der Waals surface area contributed by atoms with E-state index in [4.69, 9.17) is 11.6 Å². The van der Waals surface area contributed by atoms with E-state index in [-0.39, 0.29) is 0 Å². The minimum Gasteiger partial charge on any atom is -0.316 e. The highest BCUT2D eigenvalue weighted by Crippen LogP contribution is 2.37. The van der Waals surface area contributed by atoms with Crippen LogP contribution in [0, 0.1) is 23.7 Å². The van der Waals surface area contributed by atoms with Crippen molar-refractivity contribution >= 4 is 11.6 Å². The number of hydrogen-bond acceptors (Lipinski definition) is 1. The summed E-state index contributed by atoms with van der Waals surface area (Å²) < 4.78 is 0. The van der Waals surface area contributed by atoms with E-state index >= 15 is 0 Å². The van der Waals surface area contributed by atoms with Gasteiger partial charge >= 0.3 is 0 Å². The molecule has 0 amide bonds. The van der Waals surface area contributed by atoms with E-state index in [1.807, 2.05) is 0 Å². The normalized spacial score (nSPS) is 35.2. The first-order chi connectivity index (χ1) is 9.15. The van der Waals surface area contributed by atoms with Gasteiger partial charge < -0.3 is 5.32 Å². The van der Waals surface area contributed by atoms with Crippen LogP contribution in [0.2, 0.25) is 0 Å². The second-order valence-corrected chi connectivity index (χ2v) is 7.90. The Balaban J connectivity index is 1.61. The maximum absolute atomic E-state index is 6.24. The van der Waals surface area contributed by atoms with E-state index in [0.717, 1.165) is 23.7 Å². The van der Waals surface area contributed by atoms with Crippen LogP contribution in [0.1, 0.15) is 65.2 Å². The summed E-state index contributed by atoms with van der Waals surface area (Å²) >= 11 is 6.24. The van der Waals surface area contributed by atoms with Crippen molar-refractivity contribution < 1.29 is 0 Å². The van der Waals surface area contributed by atoms with E-state index in [2.05, 4.69) is 19.2 Å². The highest BCUT2D eigenvalue weighted by molar-refractivity contribution is 6.20. The third kappa shape index (κ3) is 5.27. The summed E-state index contributed by atoms with van der Waals surface area (Å²) in [7, 11) is 0. The van der Waals surface area contributed by atoms with Crippen molar-refractivity contribution in [1.82, 2.24) is 5.32 Å². The molecule has 2 rings (SSSR count). The lowest BCUT2D eigenvalue weighted by Gasteiger charge is -2.26. The molecule has 0 aromatic carbocycles. The molecule has 112 valence electrons. The fourth-order valence-electron chi connectivity index (χ4n) is 4.07. The van der Waals surface area contributed by atoms with Crippen molar-refractivity contribution in [2.45, 2.75) is 70.6 Å². The number of rotatable bonds is 6. The van der Waals surface area contributed by atoms with Crippen LogP contribution in [0.3, 0.4) is 0 Å². The molecule has 1 saturated heterocycles. The Bertz CT molecular complexity index is 250. The van der Waals surface area contributed by atoms with Crippen molar-refractivity contribution in [3.63, 3.8) is 0 Å². The summed E-state index contributed by atoms with van der Waals surface area (Å²) in [6.07, 6.45) is 11.0. The molecular formula is C17H32ClN. The molecule has 1 nitrogen and oxygen atoms in total. The molecule has 5 atom stereocenters. The van der Waals surface area contributed by atoms with Gasteiger partial charge in [-0.1, -0.05) is 26.7 Å². The molecule has 5 unspecified atom stereocenters. The Labute approximate surface area is 124 Å². The summed E-state index contributed by atoms with van der Waals surface area (Å²) in [6, 6.07) is 0. The molecule has 1 saturated carbocycles. The van der Waals surface area contributed by atoms with Gasteiger partial charge in [0.2, 0.25) is 0 Å². The van der Waals surface area contributed by atoms with Crippen LogP contribution in [0.5, 0.6) is 0 Å². The predicted octanol–water partition coefficient (Wildman–Crippen LogP) is 4.84. The fourth-order valence-corrected chi connectivity index (χ4v) is 4.43. The van der Waals surface area contributed by atoms with Crippen molar-refractivity contribution in [3.8, 4) is 0 Å². The highest BCUT2D eigenvalue weighted by atomic mass is 35.5. The first-order valence-electron chi connectivity index (χ1n) is 8.50. The average Bonchev–Trinajstić information content (AvgIpc) is 2.84. The van der Waals surface area contributed by atoms with Crippen LogP contribution >= 0.6 is 11.6 Å². The largest absolute Gasteiger partial charge is 0.316 e. The predicted molar refractivity (Wildman–Crippen MR) is 84.8 cm³/mol. The summed E-state index contributed by atoms with van der Waals surface area (Å²) in [5.74, 6) is 3.64. The topological polar surface area (TPSA) is 12.0 Å². The van der Waals surface area contributed by atoms with Gasteiger partial charge in [-0.3, -0.25) is 0 Å². The lowest BCUT2D eigenvalue weighted by molar-refractivity contribution is 0.272. The minimum absolute atomic E-state index is 0.471. The number of halogens is 1. The molecule has 0 aromatic rings. The Morgan fingerprint density at radius 1 is 1.16 bits per heavy atom. The standard InChI is InChI=1S/C17H32ClN/c1-13(10-15-4-3-9-19-12-15)5-6-14(2)16-7-8-17(18)11-16/h13-17,19H,3-12H2,1-2H3. The van der Waals surface area contributed by atoms with E-state index < -0.39 is 0 Å². The van der Waals surface area contributed by atoms with Gasteiger partial charge in [-0.15, -0.1) is 11.6 Å². The van der Waals surface area contributed by atoms with Gasteiger partial charge in [0.1, 0.15) is 0 Å². The Hall–Kier alpha value is 0.250. The molecule has 0 aromatic heterocycles. The molecule has 2 aliphatic rings. The van der Waals surface area contributed by atoms with Gasteiger partial charge in [0, 0.05) is 5.38 Å². The monoisotopic (exact) mass is 285 g/mol. The molecule has 0 spiro atoms.